The molecular formula is C12H18N2O3S. The molecule has 6 heteroatoms. The lowest BCUT2D eigenvalue weighted by Crippen LogP contribution is -2.45. The maximum Gasteiger partial charge on any atom is 0.229 e. The Balaban J connectivity index is 2.07. The van der Waals surface area contributed by atoms with Crippen molar-refractivity contribution in [1.29, 1.82) is 0 Å². The van der Waals surface area contributed by atoms with Crippen LogP contribution in [0.25, 0.3) is 0 Å². The van der Waals surface area contributed by atoms with E-state index in [1.54, 1.807) is 12.1 Å². The molecule has 0 amide bonds. The van der Waals surface area contributed by atoms with Gasteiger partial charge in [0.15, 0.2) is 0 Å². The number of anilines is 2. The highest BCUT2D eigenvalue weighted by Gasteiger charge is 2.33. The lowest BCUT2D eigenvalue weighted by molar-refractivity contribution is -0.0924. The van der Waals surface area contributed by atoms with Crippen LogP contribution < -0.4 is 10.0 Å². The van der Waals surface area contributed by atoms with Crippen molar-refractivity contribution in [3.8, 4) is 0 Å². The molecule has 2 N–H and O–H groups in total. The van der Waals surface area contributed by atoms with E-state index in [4.69, 9.17) is 4.74 Å². The fourth-order valence-electron chi connectivity index (χ4n) is 1.79. The fraction of sp³-hybridized carbons (Fsp3) is 0.500. The monoisotopic (exact) mass is 270 g/mol. The molecule has 5 nitrogen and oxygen atoms in total. The molecule has 0 aliphatic carbocycles. The van der Waals surface area contributed by atoms with Gasteiger partial charge >= 0.3 is 0 Å². The van der Waals surface area contributed by atoms with E-state index in [2.05, 4.69) is 17.0 Å². The Morgan fingerprint density at radius 2 is 1.89 bits per heavy atom. The molecule has 0 saturated carbocycles. The molecule has 0 atom stereocenters. The molecule has 1 aromatic carbocycles. The number of sulfonamides is 1. The Morgan fingerprint density at radius 1 is 1.28 bits per heavy atom. The van der Waals surface area contributed by atoms with Crippen molar-refractivity contribution in [3.63, 3.8) is 0 Å². The van der Waals surface area contributed by atoms with Gasteiger partial charge in [0.25, 0.3) is 0 Å². The largest absolute Gasteiger partial charge is 0.383 e. The Kier molecular flexibility index (Phi) is 3.49. The van der Waals surface area contributed by atoms with Crippen LogP contribution in [0.2, 0.25) is 0 Å². The zero-order chi connectivity index (χ0) is 13.2. The summed E-state index contributed by atoms with van der Waals surface area (Å²) in [6, 6.07) is 7.27. The predicted octanol–water partition coefficient (Wildman–Crippen LogP) is 1.51. The zero-order valence-electron chi connectivity index (χ0n) is 10.6. The maximum absolute atomic E-state index is 11.3. The molecule has 18 heavy (non-hydrogen) atoms. The Bertz CT molecular complexity index is 524. The molecule has 2 rings (SSSR count). The molecule has 1 heterocycles. The summed E-state index contributed by atoms with van der Waals surface area (Å²) in [6.45, 7) is 4.37. The fourth-order valence-corrected chi connectivity index (χ4v) is 2.36. The van der Waals surface area contributed by atoms with Gasteiger partial charge in [0.2, 0.25) is 10.0 Å². The summed E-state index contributed by atoms with van der Waals surface area (Å²) in [7, 11) is -3.26. The molecular weight excluding hydrogens is 252 g/mol. The van der Waals surface area contributed by atoms with Crippen LogP contribution in [-0.2, 0) is 14.8 Å². The van der Waals surface area contributed by atoms with E-state index in [9.17, 15) is 8.42 Å². The highest BCUT2D eigenvalue weighted by atomic mass is 32.2. The number of rotatable bonds is 5. The van der Waals surface area contributed by atoms with Gasteiger partial charge in [-0.2, -0.15) is 0 Å². The molecule has 1 aliphatic rings. The Labute approximate surface area is 108 Å². The van der Waals surface area contributed by atoms with Gasteiger partial charge in [-0.25, -0.2) is 8.42 Å². The van der Waals surface area contributed by atoms with Gasteiger partial charge in [-0.1, -0.05) is 19.1 Å². The van der Waals surface area contributed by atoms with Crippen molar-refractivity contribution in [2.45, 2.75) is 6.92 Å². The van der Waals surface area contributed by atoms with Gasteiger partial charge in [-0.05, 0) is 12.1 Å². The van der Waals surface area contributed by atoms with Crippen LogP contribution in [-0.4, -0.2) is 34.4 Å². The molecule has 1 saturated heterocycles. The summed E-state index contributed by atoms with van der Waals surface area (Å²) in [5.74, 6) is 0. The van der Waals surface area contributed by atoms with Crippen LogP contribution in [0.4, 0.5) is 11.4 Å². The third-order valence-electron chi connectivity index (χ3n) is 2.83. The van der Waals surface area contributed by atoms with Gasteiger partial charge in [-0.3, -0.25) is 4.72 Å². The molecule has 0 bridgehead atoms. The number of para-hydroxylation sites is 2. The molecule has 0 aromatic heterocycles. The van der Waals surface area contributed by atoms with Gasteiger partial charge in [0.1, 0.15) is 0 Å². The second-order valence-electron chi connectivity index (χ2n) is 5.08. The van der Waals surface area contributed by atoms with Crippen LogP contribution in [0.1, 0.15) is 6.92 Å². The third-order valence-corrected chi connectivity index (χ3v) is 3.42. The number of hydrogen-bond acceptors (Lipinski definition) is 4. The van der Waals surface area contributed by atoms with Crippen LogP contribution in [0.15, 0.2) is 24.3 Å². The number of benzene rings is 1. The predicted molar refractivity (Wildman–Crippen MR) is 72.3 cm³/mol. The van der Waals surface area contributed by atoms with Gasteiger partial charge in [0, 0.05) is 12.0 Å². The molecule has 0 radical (unpaired) electrons. The summed E-state index contributed by atoms with van der Waals surface area (Å²) in [5.41, 5.74) is 1.50. The van der Waals surface area contributed by atoms with Crippen molar-refractivity contribution < 1.29 is 13.2 Å². The summed E-state index contributed by atoms with van der Waals surface area (Å²) in [6.07, 6.45) is 1.14. The average Bonchev–Trinajstić information content (AvgIpc) is 2.23. The first-order chi connectivity index (χ1) is 8.38. The standard InChI is InChI=1S/C12H18N2O3S/c1-12(8-17-9-12)7-13-10-5-3-4-6-11(10)14-18(2,15)16/h3-6,13-14H,7-9H2,1-2H3. The van der Waals surface area contributed by atoms with E-state index in [1.165, 1.54) is 0 Å². The van der Waals surface area contributed by atoms with Gasteiger partial charge < -0.3 is 10.1 Å². The van der Waals surface area contributed by atoms with E-state index < -0.39 is 10.0 Å². The Hall–Kier alpha value is -1.27. The highest BCUT2D eigenvalue weighted by molar-refractivity contribution is 7.92. The van der Waals surface area contributed by atoms with E-state index in [0.717, 1.165) is 31.7 Å². The first kappa shape index (κ1) is 13.2. The van der Waals surface area contributed by atoms with E-state index in [1.807, 2.05) is 12.1 Å². The lowest BCUT2D eigenvalue weighted by Gasteiger charge is -2.38. The van der Waals surface area contributed by atoms with Gasteiger partial charge in [-0.15, -0.1) is 0 Å². The van der Waals surface area contributed by atoms with Crippen molar-refractivity contribution >= 4 is 21.4 Å². The zero-order valence-corrected chi connectivity index (χ0v) is 11.4. The second kappa shape index (κ2) is 4.78. The molecule has 1 fully saturated rings. The summed E-state index contributed by atoms with van der Waals surface area (Å²) >= 11 is 0. The topological polar surface area (TPSA) is 67.4 Å². The normalized spacial score (nSPS) is 17.9. The van der Waals surface area contributed by atoms with E-state index in [-0.39, 0.29) is 5.41 Å². The molecule has 1 aliphatic heterocycles. The van der Waals surface area contributed by atoms with Crippen molar-refractivity contribution in [2.24, 2.45) is 5.41 Å². The second-order valence-corrected chi connectivity index (χ2v) is 6.83. The molecule has 1 aromatic rings. The summed E-state index contributed by atoms with van der Waals surface area (Å²) < 4.78 is 30.2. The Morgan fingerprint density at radius 3 is 2.39 bits per heavy atom. The number of hydrogen-bond donors (Lipinski definition) is 2. The van der Waals surface area contributed by atoms with Crippen LogP contribution in [0.5, 0.6) is 0 Å². The highest BCUT2D eigenvalue weighted by Crippen LogP contribution is 2.29. The lowest BCUT2D eigenvalue weighted by atomic mass is 9.88. The van der Waals surface area contributed by atoms with Crippen LogP contribution in [0.3, 0.4) is 0 Å². The summed E-state index contributed by atoms with van der Waals surface area (Å²) in [5, 5.41) is 3.27. The molecule has 0 unspecified atom stereocenters. The van der Waals surface area contributed by atoms with Crippen LogP contribution in [0, 0.1) is 5.41 Å². The molecule has 100 valence electrons. The smallest absolute Gasteiger partial charge is 0.229 e. The third kappa shape index (κ3) is 3.36. The van der Waals surface area contributed by atoms with Crippen molar-refractivity contribution in [3.05, 3.63) is 24.3 Å². The molecule has 0 spiro atoms. The number of nitrogens with one attached hydrogen (secondary N) is 2. The van der Waals surface area contributed by atoms with E-state index >= 15 is 0 Å². The number of ether oxygens (including phenoxy) is 1. The average molecular weight is 270 g/mol. The van der Waals surface area contributed by atoms with Crippen LogP contribution >= 0.6 is 0 Å². The minimum atomic E-state index is -3.26. The maximum atomic E-state index is 11.3. The first-order valence-corrected chi connectivity index (χ1v) is 7.66. The van der Waals surface area contributed by atoms with Crippen molar-refractivity contribution in [2.75, 3.05) is 36.1 Å². The minimum Gasteiger partial charge on any atom is -0.383 e. The summed E-state index contributed by atoms with van der Waals surface area (Å²) in [4.78, 5) is 0. The van der Waals surface area contributed by atoms with Crippen molar-refractivity contribution in [1.82, 2.24) is 0 Å². The van der Waals surface area contributed by atoms with E-state index in [0.29, 0.717) is 5.69 Å². The quantitative estimate of drug-likeness (QED) is 0.851. The first-order valence-electron chi connectivity index (χ1n) is 5.76. The SMILES string of the molecule is CC1(CNc2ccccc2NS(C)(=O)=O)COC1. The minimum absolute atomic E-state index is 0.137. The van der Waals surface area contributed by atoms with Gasteiger partial charge in [0.05, 0.1) is 30.8 Å².